The number of methoxy groups -OCH3 is 1. The minimum Gasteiger partial charge on any atom is -0.497 e. The minimum atomic E-state index is -1.15. The Hall–Kier alpha value is -4.66. The number of ether oxygens (including phenoxy) is 1. The second-order valence-corrected chi connectivity index (χ2v) is 9.84. The molecule has 0 saturated carbocycles. The number of rotatable bonds is 7. The van der Waals surface area contributed by atoms with Crippen molar-refractivity contribution in [2.24, 2.45) is 0 Å². The maximum absolute atomic E-state index is 12.9. The Bertz CT molecular complexity index is 1610. The van der Waals surface area contributed by atoms with Crippen LogP contribution >= 0.6 is 11.6 Å². The standard InChI is InChI=1S/C31H25ClN4O4/c1-39-26-18-14-22(15-19-26)31-30(36(37)38)29(35(40-31)25-10-6-3-7-11-25)27-20-34(24-8-4-2-5-9-24)33-28(27)21-12-16-23(32)17-13-21/h2-20,29-31H,1H3/t29-,30-,31+/m0/s1. The largest absolute Gasteiger partial charge is 0.497 e. The number of hydrogen-bond donors (Lipinski definition) is 0. The van der Waals surface area contributed by atoms with Crippen LogP contribution in [0.3, 0.4) is 0 Å². The Kier molecular flexibility index (Phi) is 6.94. The molecule has 3 atom stereocenters. The van der Waals surface area contributed by atoms with Crippen LogP contribution in [0.15, 0.2) is 115 Å². The van der Waals surface area contributed by atoms with Crippen LogP contribution in [0.25, 0.3) is 16.9 Å². The summed E-state index contributed by atoms with van der Waals surface area (Å²) in [5, 5.41) is 20.0. The van der Waals surface area contributed by atoms with Gasteiger partial charge in [0.15, 0.2) is 12.1 Å². The lowest BCUT2D eigenvalue weighted by Gasteiger charge is -2.24. The van der Waals surface area contributed by atoms with E-state index in [1.807, 2.05) is 79.0 Å². The van der Waals surface area contributed by atoms with Crippen LogP contribution in [-0.4, -0.2) is 27.9 Å². The lowest BCUT2D eigenvalue weighted by molar-refractivity contribution is -0.531. The molecule has 0 radical (unpaired) electrons. The fraction of sp³-hybridized carbons (Fsp3) is 0.129. The van der Waals surface area contributed by atoms with E-state index in [1.54, 1.807) is 53.3 Å². The first-order valence-corrected chi connectivity index (χ1v) is 13.1. The highest BCUT2D eigenvalue weighted by Crippen LogP contribution is 2.48. The first-order chi connectivity index (χ1) is 19.5. The molecule has 0 spiro atoms. The van der Waals surface area contributed by atoms with Gasteiger partial charge < -0.3 is 4.74 Å². The number of halogens is 1. The number of nitro groups is 1. The van der Waals surface area contributed by atoms with Crippen LogP contribution in [0.4, 0.5) is 5.69 Å². The summed E-state index contributed by atoms with van der Waals surface area (Å²) in [5.41, 5.74) is 4.26. The zero-order chi connectivity index (χ0) is 27.6. The van der Waals surface area contributed by atoms with Gasteiger partial charge in [-0.05, 0) is 54.1 Å². The molecule has 1 aromatic heterocycles. The van der Waals surface area contributed by atoms with Gasteiger partial charge in [0.2, 0.25) is 0 Å². The number of anilines is 1. The van der Waals surface area contributed by atoms with Gasteiger partial charge in [-0.25, -0.2) is 9.75 Å². The summed E-state index contributed by atoms with van der Waals surface area (Å²) in [6, 6.07) is 31.6. The van der Waals surface area contributed by atoms with Crippen molar-refractivity contribution in [3.8, 4) is 22.7 Å². The second kappa shape index (κ2) is 10.8. The fourth-order valence-electron chi connectivity index (χ4n) is 5.09. The molecule has 1 aliphatic rings. The third-order valence-corrected chi connectivity index (χ3v) is 7.26. The lowest BCUT2D eigenvalue weighted by Crippen LogP contribution is -2.32. The van der Waals surface area contributed by atoms with Gasteiger partial charge in [0, 0.05) is 27.3 Å². The second-order valence-electron chi connectivity index (χ2n) is 9.40. The van der Waals surface area contributed by atoms with Gasteiger partial charge in [0.1, 0.15) is 5.75 Å². The summed E-state index contributed by atoms with van der Waals surface area (Å²) in [7, 11) is 1.58. The highest BCUT2D eigenvalue weighted by Gasteiger charge is 2.54. The van der Waals surface area contributed by atoms with E-state index in [1.165, 1.54) is 0 Å². The molecule has 1 fully saturated rings. The quantitative estimate of drug-likeness (QED) is 0.158. The molecule has 1 aliphatic heterocycles. The van der Waals surface area contributed by atoms with E-state index in [-0.39, 0.29) is 4.92 Å². The van der Waals surface area contributed by atoms with E-state index < -0.39 is 18.2 Å². The number of hydroxylamine groups is 1. The van der Waals surface area contributed by atoms with E-state index in [4.69, 9.17) is 26.3 Å². The summed E-state index contributed by atoms with van der Waals surface area (Å²) in [4.78, 5) is 19.1. The third-order valence-electron chi connectivity index (χ3n) is 7.01. The summed E-state index contributed by atoms with van der Waals surface area (Å²) in [6.45, 7) is 0. The van der Waals surface area contributed by atoms with Crippen molar-refractivity contribution in [3.63, 3.8) is 0 Å². The lowest BCUT2D eigenvalue weighted by atomic mass is 9.91. The van der Waals surface area contributed by atoms with Crippen molar-refractivity contribution < 1.29 is 14.5 Å². The zero-order valence-corrected chi connectivity index (χ0v) is 22.3. The average Bonchev–Trinajstić information content (AvgIpc) is 3.61. The molecule has 6 rings (SSSR count). The molecular weight excluding hydrogens is 528 g/mol. The van der Waals surface area contributed by atoms with Gasteiger partial charge in [-0.1, -0.05) is 72.3 Å². The molecule has 9 heteroatoms. The maximum Gasteiger partial charge on any atom is 0.272 e. The summed E-state index contributed by atoms with van der Waals surface area (Å²) in [5.74, 6) is 0.657. The van der Waals surface area contributed by atoms with E-state index >= 15 is 0 Å². The predicted octanol–water partition coefficient (Wildman–Crippen LogP) is 7.08. The molecule has 8 nitrogen and oxygen atoms in total. The van der Waals surface area contributed by atoms with Crippen LogP contribution in [0.5, 0.6) is 5.75 Å². The molecule has 0 unspecified atom stereocenters. The van der Waals surface area contributed by atoms with Gasteiger partial charge in [0.25, 0.3) is 6.04 Å². The van der Waals surface area contributed by atoms with Gasteiger partial charge in [0.05, 0.1) is 24.2 Å². The molecule has 2 heterocycles. The molecule has 0 amide bonds. The topological polar surface area (TPSA) is 82.7 Å². The Morgan fingerprint density at radius 1 is 0.875 bits per heavy atom. The Labute approximate surface area is 236 Å². The molecule has 0 bridgehead atoms. The van der Waals surface area contributed by atoms with E-state index in [0.717, 1.165) is 11.3 Å². The highest BCUT2D eigenvalue weighted by molar-refractivity contribution is 6.30. The number of benzene rings is 4. The summed E-state index contributed by atoms with van der Waals surface area (Å²) >= 11 is 6.19. The Morgan fingerprint density at radius 2 is 1.50 bits per heavy atom. The van der Waals surface area contributed by atoms with Crippen LogP contribution in [0.1, 0.15) is 23.3 Å². The van der Waals surface area contributed by atoms with Crippen LogP contribution < -0.4 is 9.80 Å². The van der Waals surface area contributed by atoms with Crippen LogP contribution in [0.2, 0.25) is 5.02 Å². The average molecular weight is 553 g/mol. The normalized spacial score (nSPS) is 18.6. The van der Waals surface area contributed by atoms with Crippen LogP contribution in [-0.2, 0) is 4.84 Å². The third kappa shape index (κ3) is 4.79. The van der Waals surface area contributed by atoms with Gasteiger partial charge in [-0.15, -0.1) is 0 Å². The maximum atomic E-state index is 12.9. The molecule has 0 aliphatic carbocycles. The Morgan fingerprint density at radius 3 is 2.10 bits per heavy atom. The van der Waals surface area contributed by atoms with Gasteiger partial charge >= 0.3 is 0 Å². The van der Waals surface area contributed by atoms with Crippen molar-refractivity contribution in [2.75, 3.05) is 12.2 Å². The smallest absolute Gasteiger partial charge is 0.272 e. The summed E-state index contributed by atoms with van der Waals surface area (Å²) in [6.07, 6.45) is 1.00. The zero-order valence-electron chi connectivity index (χ0n) is 21.5. The monoisotopic (exact) mass is 552 g/mol. The Balaban J connectivity index is 1.55. The number of para-hydroxylation sites is 2. The van der Waals surface area contributed by atoms with E-state index in [0.29, 0.717) is 33.3 Å². The SMILES string of the molecule is COc1ccc([C@H]2ON(c3ccccc3)[C@@H](c3cn(-c4ccccc4)nc3-c3ccc(Cl)cc3)[C@@H]2[N+](=O)[O-])cc1. The first kappa shape index (κ1) is 25.6. The molecule has 5 aromatic rings. The molecular formula is C31H25ClN4O4. The minimum absolute atomic E-state index is 0.256. The molecule has 0 N–H and O–H groups in total. The fourth-order valence-corrected chi connectivity index (χ4v) is 5.21. The molecule has 1 saturated heterocycles. The summed E-state index contributed by atoms with van der Waals surface area (Å²) < 4.78 is 7.05. The highest BCUT2D eigenvalue weighted by atomic mass is 35.5. The molecule has 40 heavy (non-hydrogen) atoms. The van der Waals surface area contributed by atoms with Crippen LogP contribution in [0, 0.1) is 10.1 Å². The van der Waals surface area contributed by atoms with Crippen molar-refractivity contribution in [2.45, 2.75) is 18.2 Å². The molecule has 4 aromatic carbocycles. The number of hydrogen-bond acceptors (Lipinski definition) is 6. The number of nitrogens with zero attached hydrogens (tertiary/aromatic N) is 4. The van der Waals surface area contributed by atoms with Crippen molar-refractivity contribution >= 4 is 17.3 Å². The van der Waals surface area contributed by atoms with Crippen molar-refractivity contribution in [1.29, 1.82) is 0 Å². The first-order valence-electron chi connectivity index (χ1n) is 12.7. The van der Waals surface area contributed by atoms with Gasteiger partial charge in [-0.3, -0.25) is 15.0 Å². The van der Waals surface area contributed by atoms with Crippen molar-refractivity contribution in [1.82, 2.24) is 9.78 Å². The van der Waals surface area contributed by atoms with E-state index in [2.05, 4.69) is 0 Å². The predicted molar refractivity (Wildman–Crippen MR) is 153 cm³/mol. The number of aromatic nitrogens is 2. The van der Waals surface area contributed by atoms with Crippen molar-refractivity contribution in [3.05, 3.63) is 142 Å². The van der Waals surface area contributed by atoms with E-state index in [9.17, 15) is 10.1 Å². The molecule has 200 valence electrons. The van der Waals surface area contributed by atoms with Gasteiger partial charge in [-0.2, -0.15) is 5.10 Å².